The van der Waals surface area contributed by atoms with E-state index >= 15 is 0 Å². The Labute approximate surface area is 56.4 Å². The van der Waals surface area contributed by atoms with Crippen LogP contribution in [0.3, 0.4) is 0 Å². The molecule has 0 heterocycles. The normalized spacial score (nSPS) is 29.2. The Morgan fingerprint density at radius 2 is 1.89 bits per heavy atom. The number of aliphatic hydroxyl groups excluding tert-OH is 1. The maximum absolute atomic E-state index is 9.18. The van der Waals surface area contributed by atoms with Gasteiger partial charge in [0, 0.05) is 0 Å². The number of hydrogen-bond acceptors (Lipinski definition) is 1. The first-order valence-electron chi connectivity index (χ1n) is 3.72. The third kappa shape index (κ3) is 2.66. The van der Waals surface area contributed by atoms with Gasteiger partial charge in [0.05, 0.1) is 6.10 Å². The average molecular weight is 126 g/mol. The molecule has 0 aromatic carbocycles. The van der Waals surface area contributed by atoms with Crippen LogP contribution in [0.5, 0.6) is 0 Å². The van der Waals surface area contributed by atoms with E-state index in [2.05, 4.69) is 12.2 Å². The van der Waals surface area contributed by atoms with E-state index in [1.165, 1.54) is 0 Å². The molecule has 1 rings (SSSR count). The van der Waals surface area contributed by atoms with E-state index in [0.29, 0.717) is 0 Å². The molecule has 1 atom stereocenters. The van der Waals surface area contributed by atoms with Crippen molar-refractivity contribution >= 4 is 0 Å². The minimum absolute atomic E-state index is 0.0325. The Bertz CT molecular complexity index is 96.7. The Kier molecular flexibility index (Phi) is 2.78. The molecule has 9 heavy (non-hydrogen) atoms. The highest BCUT2D eigenvalue weighted by atomic mass is 16.3. The molecule has 0 bridgehead atoms. The Morgan fingerprint density at radius 3 is 2.78 bits per heavy atom. The molecular weight excluding hydrogens is 112 g/mol. The van der Waals surface area contributed by atoms with E-state index in [1.807, 2.05) is 0 Å². The van der Waals surface area contributed by atoms with Gasteiger partial charge in [-0.3, -0.25) is 0 Å². The molecule has 1 heteroatoms. The molecule has 1 aliphatic carbocycles. The van der Waals surface area contributed by atoms with Crippen LogP contribution in [0.2, 0.25) is 0 Å². The van der Waals surface area contributed by atoms with Gasteiger partial charge in [-0.15, -0.1) is 0 Å². The van der Waals surface area contributed by atoms with Crippen LogP contribution in [0.4, 0.5) is 0 Å². The van der Waals surface area contributed by atoms with Gasteiger partial charge in [0.15, 0.2) is 0 Å². The summed E-state index contributed by atoms with van der Waals surface area (Å²) in [7, 11) is 0. The van der Waals surface area contributed by atoms with Gasteiger partial charge in [-0.05, 0) is 32.1 Å². The predicted molar refractivity (Wildman–Crippen MR) is 38.2 cm³/mol. The second kappa shape index (κ2) is 3.67. The molecule has 0 amide bonds. The molecule has 1 nitrogen and oxygen atoms in total. The third-order valence-corrected chi connectivity index (χ3v) is 1.74. The fourth-order valence-electron chi connectivity index (χ4n) is 1.14. The lowest BCUT2D eigenvalue weighted by atomic mass is 10.0. The number of aliphatic hydroxyl groups is 1. The summed E-state index contributed by atoms with van der Waals surface area (Å²) >= 11 is 0. The summed E-state index contributed by atoms with van der Waals surface area (Å²) in [4.78, 5) is 0. The zero-order valence-electron chi connectivity index (χ0n) is 5.71. The molecule has 0 aromatic rings. The van der Waals surface area contributed by atoms with Crippen LogP contribution < -0.4 is 0 Å². The van der Waals surface area contributed by atoms with Gasteiger partial charge in [0.2, 0.25) is 0 Å². The molecule has 0 unspecified atom stereocenters. The molecule has 0 aromatic heterocycles. The molecule has 0 fully saturated rings. The summed E-state index contributed by atoms with van der Waals surface area (Å²) in [5, 5.41) is 9.18. The molecule has 52 valence electrons. The predicted octanol–water partition coefficient (Wildman–Crippen LogP) is 1.87. The summed E-state index contributed by atoms with van der Waals surface area (Å²) < 4.78 is 0. The molecular formula is C8H14O. The quantitative estimate of drug-likeness (QED) is 0.491. The van der Waals surface area contributed by atoms with Crippen molar-refractivity contribution in [3.8, 4) is 0 Å². The van der Waals surface area contributed by atoms with Crippen LogP contribution in [0.15, 0.2) is 12.2 Å². The van der Waals surface area contributed by atoms with Crippen molar-refractivity contribution in [3.05, 3.63) is 12.2 Å². The van der Waals surface area contributed by atoms with Crippen molar-refractivity contribution in [3.63, 3.8) is 0 Å². The summed E-state index contributed by atoms with van der Waals surface area (Å²) in [5.74, 6) is 0. The lowest BCUT2D eigenvalue weighted by Gasteiger charge is -2.09. The zero-order chi connectivity index (χ0) is 6.53. The summed E-state index contributed by atoms with van der Waals surface area (Å²) in [6.45, 7) is 0. The van der Waals surface area contributed by atoms with Crippen molar-refractivity contribution in [2.75, 3.05) is 0 Å². The van der Waals surface area contributed by atoms with Crippen molar-refractivity contribution in [1.29, 1.82) is 0 Å². The molecule has 1 N–H and O–H groups in total. The van der Waals surface area contributed by atoms with E-state index in [-0.39, 0.29) is 6.10 Å². The van der Waals surface area contributed by atoms with Crippen LogP contribution in [0.1, 0.15) is 32.1 Å². The molecule has 0 saturated carbocycles. The average Bonchev–Trinajstić information content (AvgIpc) is 1.79. The van der Waals surface area contributed by atoms with Gasteiger partial charge >= 0.3 is 0 Å². The van der Waals surface area contributed by atoms with E-state index in [9.17, 15) is 5.11 Å². The fourth-order valence-corrected chi connectivity index (χ4v) is 1.14. The molecule has 1 aliphatic rings. The van der Waals surface area contributed by atoms with Crippen molar-refractivity contribution in [2.24, 2.45) is 0 Å². The Balaban J connectivity index is 2.27. The Morgan fingerprint density at radius 1 is 1.11 bits per heavy atom. The first-order valence-corrected chi connectivity index (χ1v) is 3.72. The lowest BCUT2D eigenvalue weighted by Crippen LogP contribution is -2.06. The monoisotopic (exact) mass is 126 g/mol. The van der Waals surface area contributed by atoms with Crippen molar-refractivity contribution in [2.45, 2.75) is 38.2 Å². The van der Waals surface area contributed by atoms with Crippen molar-refractivity contribution < 1.29 is 5.11 Å². The highest BCUT2D eigenvalue weighted by Gasteiger charge is 2.02. The SMILES string of the molecule is O[C@@H]1CCC=CCCC1. The number of rotatable bonds is 0. The van der Waals surface area contributed by atoms with E-state index < -0.39 is 0 Å². The van der Waals surface area contributed by atoms with Gasteiger partial charge in [-0.25, -0.2) is 0 Å². The van der Waals surface area contributed by atoms with Gasteiger partial charge in [-0.1, -0.05) is 12.2 Å². The first kappa shape index (κ1) is 6.81. The largest absolute Gasteiger partial charge is 0.393 e. The Hall–Kier alpha value is -0.300. The summed E-state index contributed by atoms with van der Waals surface area (Å²) in [5.41, 5.74) is 0. The van der Waals surface area contributed by atoms with Crippen LogP contribution in [-0.2, 0) is 0 Å². The zero-order valence-corrected chi connectivity index (χ0v) is 5.71. The van der Waals surface area contributed by atoms with E-state index in [1.54, 1.807) is 0 Å². The smallest absolute Gasteiger partial charge is 0.0543 e. The second-order valence-corrected chi connectivity index (χ2v) is 2.63. The van der Waals surface area contributed by atoms with Gasteiger partial charge < -0.3 is 5.11 Å². The molecule has 0 aliphatic heterocycles. The molecule has 0 saturated heterocycles. The fraction of sp³-hybridized carbons (Fsp3) is 0.750. The minimum Gasteiger partial charge on any atom is -0.393 e. The topological polar surface area (TPSA) is 20.2 Å². The number of allylic oxidation sites excluding steroid dienone is 2. The highest BCUT2D eigenvalue weighted by Crippen LogP contribution is 2.11. The van der Waals surface area contributed by atoms with Crippen LogP contribution in [-0.4, -0.2) is 11.2 Å². The van der Waals surface area contributed by atoms with E-state index in [0.717, 1.165) is 32.1 Å². The van der Waals surface area contributed by atoms with Gasteiger partial charge in [0.25, 0.3) is 0 Å². The summed E-state index contributed by atoms with van der Waals surface area (Å²) in [6.07, 6.45) is 9.65. The molecule has 0 spiro atoms. The minimum atomic E-state index is -0.0325. The third-order valence-electron chi connectivity index (χ3n) is 1.74. The second-order valence-electron chi connectivity index (χ2n) is 2.63. The van der Waals surface area contributed by atoms with Crippen LogP contribution >= 0.6 is 0 Å². The number of hydrogen-bond donors (Lipinski definition) is 1. The van der Waals surface area contributed by atoms with Crippen molar-refractivity contribution in [1.82, 2.24) is 0 Å². The first-order chi connectivity index (χ1) is 4.39. The van der Waals surface area contributed by atoms with E-state index in [4.69, 9.17) is 0 Å². The molecule has 0 radical (unpaired) electrons. The maximum Gasteiger partial charge on any atom is 0.0543 e. The van der Waals surface area contributed by atoms with Crippen LogP contribution in [0, 0.1) is 0 Å². The standard InChI is InChI=1S/C8H14O/c9-8-6-4-2-1-3-5-7-8/h1-2,8-9H,3-7H2/t8-/m1/s1. The van der Waals surface area contributed by atoms with Gasteiger partial charge in [-0.2, -0.15) is 0 Å². The van der Waals surface area contributed by atoms with Crippen LogP contribution in [0.25, 0.3) is 0 Å². The lowest BCUT2D eigenvalue weighted by molar-refractivity contribution is 0.152. The highest BCUT2D eigenvalue weighted by molar-refractivity contribution is 4.84. The summed E-state index contributed by atoms with van der Waals surface area (Å²) in [6, 6.07) is 0. The van der Waals surface area contributed by atoms with Gasteiger partial charge in [0.1, 0.15) is 0 Å². The maximum atomic E-state index is 9.18.